The molecule has 2 aromatic carbocycles. The summed E-state index contributed by atoms with van der Waals surface area (Å²) in [5, 5.41) is 3.91. The zero-order valence-electron chi connectivity index (χ0n) is 15.8. The summed E-state index contributed by atoms with van der Waals surface area (Å²) in [6, 6.07) is 11.0. The Labute approximate surface area is 167 Å². The topological polar surface area (TPSA) is 83.7 Å². The van der Waals surface area contributed by atoms with Crippen LogP contribution in [0.5, 0.6) is 0 Å². The van der Waals surface area contributed by atoms with E-state index in [1.807, 2.05) is 0 Å². The number of aromatic nitrogens is 1. The van der Waals surface area contributed by atoms with Gasteiger partial charge in [-0.25, -0.2) is 21.9 Å². The summed E-state index contributed by atoms with van der Waals surface area (Å²) in [5.74, 6) is 0.123. The van der Waals surface area contributed by atoms with Gasteiger partial charge in [0.25, 0.3) is 10.0 Å². The Morgan fingerprint density at radius 2 is 1.72 bits per heavy atom. The molecule has 2 amide bonds. The van der Waals surface area contributed by atoms with Gasteiger partial charge in [-0.3, -0.25) is 4.90 Å². The minimum atomic E-state index is -4.06. The predicted molar refractivity (Wildman–Crippen MR) is 103 cm³/mol. The zero-order valence-corrected chi connectivity index (χ0v) is 16.6. The number of urea groups is 1. The average Bonchev–Trinajstić information content (AvgIpc) is 3.02. The van der Waals surface area contributed by atoms with Gasteiger partial charge in [0.15, 0.2) is 0 Å². The Bertz CT molecular complexity index is 1170. The number of aryl methyl sites for hydroxylation is 2. The first kappa shape index (κ1) is 19.1. The van der Waals surface area contributed by atoms with Crippen LogP contribution >= 0.6 is 0 Å². The van der Waals surface area contributed by atoms with Crippen molar-refractivity contribution in [1.29, 1.82) is 0 Å². The van der Waals surface area contributed by atoms with Gasteiger partial charge in [0.05, 0.1) is 24.5 Å². The third-order valence-electron chi connectivity index (χ3n) is 4.91. The van der Waals surface area contributed by atoms with E-state index < -0.39 is 21.9 Å². The van der Waals surface area contributed by atoms with Gasteiger partial charge in [0, 0.05) is 5.56 Å². The summed E-state index contributed by atoms with van der Waals surface area (Å²) < 4.78 is 45.5. The fraction of sp³-hybridized carbons (Fsp3) is 0.200. The second kappa shape index (κ2) is 7.00. The van der Waals surface area contributed by atoms with Crippen LogP contribution in [0.4, 0.5) is 14.9 Å². The SMILES string of the molecule is Cc1noc(C)c1CN1C(=O)N(Cc2ccc(F)cc2)S(=O)(=O)c2ccccc21. The van der Waals surface area contributed by atoms with Gasteiger partial charge in [0.2, 0.25) is 0 Å². The molecule has 0 bridgehead atoms. The molecule has 9 heteroatoms. The number of rotatable bonds is 4. The van der Waals surface area contributed by atoms with Crippen molar-refractivity contribution in [3.8, 4) is 0 Å². The summed E-state index contributed by atoms with van der Waals surface area (Å²) in [7, 11) is -4.06. The van der Waals surface area contributed by atoms with E-state index in [0.29, 0.717) is 28.3 Å². The molecule has 1 aromatic heterocycles. The second-order valence-corrected chi connectivity index (χ2v) is 8.61. The molecule has 0 saturated carbocycles. The Hall–Kier alpha value is -3.20. The first-order chi connectivity index (χ1) is 13.8. The minimum Gasteiger partial charge on any atom is -0.361 e. The van der Waals surface area contributed by atoms with E-state index >= 15 is 0 Å². The van der Waals surface area contributed by atoms with Crippen LogP contribution in [-0.2, 0) is 23.1 Å². The number of fused-ring (bicyclic) bond motifs is 1. The highest BCUT2D eigenvalue weighted by atomic mass is 32.2. The molecule has 150 valence electrons. The molecule has 0 aliphatic carbocycles. The quantitative estimate of drug-likeness (QED) is 0.648. The van der Waals surface area contributed by atoms with E-state index in [2.05, 4.69) is 5.16 Å². The van der Waals surface area contributed by atoms with E-state index in [9.17, 15) is 17.6 Å². The molecule has 0 unspecified atom stereocenters. The maximum Gasteiger partial charge on any atom is 0.339 e. The van der Waals surface area contributed by atoms with E-state index in [4.69, 9.17) is 4.52 Å². The van der Waals surface area contributed by atoms with Crippen molar-refractivity contribution in [1.82, 2.24) is 9.46 Å². The number of amides is 2. The van der Waals surface area contributed by atoms with E-state index in [1.165, 1.54) is 35.2 Å². The van der Waals surface area contributed by atoms with E-state index in [1.54, 1.807) is 32.0 Å². The van der Waals surface area contributed by atoms with Gasteiger partial charge in [-0.05, 0) is 43.7 Å². The molecule has 1 aliphatic rings. The van der Waals surface area contributed by atoms with Crippen molar-refractivity contribution >= 4 is 21.7 Å². The van der Waals surface area contributed by atoms with Crippen molar-refractivity contribution < 1.29 is 22.1 Å². The number of carbonyl (C=O) groups excluding carboxylic acids is 1. The number of anilines is 1. The predicted octanol–water partition coefficient (Wildman–Crippen LogP) is 3.76. The smallest absolute Gasteiger partial charge is 0.339 e. The third-order valence-corrected chi connectivity index (χ3v) is 6.67. The number of nitrogens with zero attached hydrogens (tertiary/aromatic N) is 3. The highest BCUT2D eigenvalue weighted by Crippen LogP contribution is 2.36. The van der Waals surface area contributed by atoms with Crippen molar-refractivity contribution in [3.63, 3.8) is 0 Å². The molecule has 2 heterocycles. The molecule has 0 spiro atoms. The number of halogens is 1. The fourth-order valence-corrected chi connectivity index (χ4v) is 4.86. The molecular weight excluding hydrogens is 397 g/mol. The summed E-state index contributed by atoms with van der Waals surface area (Å²) in [6.07, 6.45) is 0. The lowest BCUT2D eigenvalue weighted by atomic mass is 10.1. The lowest BCUT2D eigenvalue weighted by molar-refractivity contribution is 0.226. The van der Waals surface area contributed by atoms with Gasteiger partial charge in [-0.15, -0.1) is 0 Å². The van der Waals surface area contributed by atoms with Crippen molar-refractivity contribution in [2.75, 3.05) is 4.90 Å². The molecule has 29 heavy (non-hydrogen) atoms. The van der Waals surface area contributed by atoms with Gasteiger partial charge < -0.3 is 4.52 Å². The number of carbonyl (C=O) groups is 1. The first-order valence-corrected chi connectivity index (χ1v) is 10.3. The maximum atomic E-state index is 13.3. The fourth-order valence-electron chi connectivity index (χ4n) is 3.30. The normalized spacial score (nSPS) is 15.5. The van der Waals surface area contributed by atoms with Crippen LogP contribution in [0.15, 0.2) is 57.9 Å². The summed E-state index contributed by atoms with van der Waals surface area (Å²) in [4.78, 5) is 14.7. The standard InChI is InChI=1S/C20H18FN3O4S/c1-13-17(14(2)28-22-13)12-23-18-5-3-4-6-19(18)29(26,27)24(20(23)25)11-15-7-9-16(21)10-8-15/h3-10H,11-12H2,1-2H3. The van der Waals surface area contributed by atoms with Crippen LogP contribution in [0, 0.1) is 19.7 Å². The average molecular weight is 415 g/mol. The molecule has 0 radical (unpaired) electrons. The van der Waals surface area contributed by atoms with Crippen LogP contribution in [0.1, 0.15) is 22.6 Å². The van der Waals surface area contributed by atoms with Gasteiger partial charge in [-0.1, -0.05) is 29.4 Å². The van der Waals surface area contributed by atoms with Gasteiger partial charge in [0.1, 0.15) is 16.5 Å². The Balaban J connectivity index is 1.79. The lowest BCUT2D eigenvalue weighted by Crippen LogP contribution is -2.50. The molecule has 3 aromatic rings. The van der Waals surface area contributed by atoms with Crippen molar-refractivity contribution in [2.24, 2.45) is 0 Å². The third kappa shape index (κ3) is 3.27. The maximum absolute atomic E-state index is 13.3. The zero-order chi connectivity index (χ0) is 20.8. The van der Waals surface area contributed by atoms with Crippen LogP contribution in [0.25, 0.3) is 0 Å². The first-order valence-electron chi connectivity index (χ1n) is 8.88. The number of benzene rings is 2. The summed E-state index contributed by atoms with van der Waals surface area (Å²) >= 11 is 0. The molecule has 0 saturated heterocycles. The highest BCUT2D eigenvalue weighted by molar-refractivity contribution is 7.90. The van der Waals surface area contributed by atoms with E-state index in [-0.39, 0.29) is 18.0 Å². The van der Waals surface area contributed by atoms with Gasteiger partial charge >= 0.3 is 6.03 Å². The molecular formula is C20H18FN3O4S. The summed E-state index contributed by atoms with van der Waals surface area (Å²) in [6.45, 7) is 3.42. The largest absolute Gasteiger partial charge is 0.361 e. The van der Waals surface area contributed by atoms with Crippen molar-refractivity contribution in [2.45, 2.75) is 31.8 Å². The van der Waals surface area contributed by atoms with Crippen LogP contribution < -0.4 is 4.90 Å². The second-order valence-electron chi connectivity index (χ2n) is 6.78. The number of hydrogen-bond donors (Lipinski definition) is 0. The minimum absolute atomic E-state index is 0.0356. The van der Waals surface area contributed by atoms with E-state index in [0.717, 1.165) is 4.31 Å². The lowest BCUT2D eigenvalue weighted by Gasteiger charge is -2.36. The van der Waals surface area contributed by atoms with Crippen LogP contribution in [0.3, 0.4) is 0 Å². The number of sulfonamides is 1. The highest BCUT2D eigenvalue weighted by Gasteiger charge is 2.41. The van der Waals surface area contributed by atoms with Crippen molar-refractivity contribution in [3.05, 3.63) is 76.9 Å². The van der Waals surface area contributed by atoms with Gasteiger partial charge in [-0.2, -0.15) is 0 Å². The molecule has 0 fully saturated rings. The Morgan fingerprint density at radius 3 is 2.38 bits per heavy atom. The molecule has 7 nitrogen and oxygen atoms in total. The Kier molecular flexibility index (Phi) is 4.62. The number of para-hydroxylation sites is 1. The number of hydrogen-bond acceptors (Lipinski definition) is 5. The van der Waals surface area contributed by atoms with Crippen LogP contribution in [-0.4, -0.2) is 23.9 Å². The summed E-state index contributed by atoms with van der Waals surface area (Å²) in [5.41, 5.74) is 2.15. The molecule has 4 rings (SSSR count). The Morgan fingerprint density at radius 1 is 1.03 bits per heavy atom. The molecule has 0 atom stereocenters. The molecule has 0 N–H and O–H groups in total. The van der Waals surface area contributed by atoms with Crippen LogP contribution in [0.2, 0.25) is 0 Å². The molecule has 1 aliphatic heterocycles. The monoisotopic (exact) mass is 415 g/mol.